The minimum absolute atomic E-state index is 0.651. The highest BCUT2D eigenvalue weighted by Gasteiger charge is 2.13. The van der Waals surface area contributed by atoms with Crippen LogP contribution in [0.4, 0.5) is 0 Å². The summed E-state index contributed by atoms with van der Waals surface area (Å²) in [5, 5.41) is 9.96. The van der Waals surface area contributed by atoms with Crippen LogP contribution < -0.4 is 0 Å². The standard InChI is InChI=1S/C11H11NO2/c1-8-10(3-2-5-12-8)11(13)9-4-6-14-7-9/h2-7,11,13H,1H3. The first-order chi connectivity index (χ1) is 6.79. The molecule has 0 saturated carbocycles. The fourth-order valence-electron chi connectivity index (χ4n) is 1.40. The van der Waals surface area contributed by atoms with Gasteiger partial charge in [0, 0.05) is 23.0 Å². The Morgan fingerprint density at radius 2 is 2.29 bits per heavy atom. The van der Waals surface area contributed by atoms with Crippen LogP contribution in [0, 0.1) is 6.92 Å². The van der Waals surface area contributed by atoms with E-state index in [-0.39, 0.29) is 0 Å². The van der Waals surface area contributed by atoms with E-state index in [1.54, 1.807) is 18.5 Å². The second-order valence-corrected chi connectivity index (χ2v) is 3.14. The Morgan fingerprint density at radius 3 is 2.93 bits per heavy atom. The van der Waals surface area contributed by atoms with Gasteiger partial charge in [-0.15, -0.1) is 0 Å². The van der Waals surface area contributed by atoms with Crippen molar-refractivity contribution in [1.29, 1.82) is 0 Å². The van der Waals surface area contributed by atoms with Crippen molar-refractivity contribution in [3.05, 3.63) is 53.7 Å². The lowest BCUT2D eigenvalue weighted by atomic mass is 10.0. The van der Waals surface area contributed by atoms with Crippen LogP contribution >= 0.6 is 0 Å². The van der Waals surface area contributed by atoms with E-state index in [0.717, 1.165) is 16.8 Å². The van der Waals surface area contributed by atoms with Crippen molar-refractivity contribution in [2.75, 3.05) is 0 Å². The van der Waals surface area contributed by atoms with E-state index >= 15 is 0 Å². The summed E-state index contributed by atoms with van der Waals surface area (Å²) in [7, 11) is 0. The van der Waals surface area contributed by atoms with Gasteiger partial charge in [0.05, 0.1) is 12.5 Å². The predicted molar refractivity (Wildman–Crippen MR) is 51.7 cm³/mol. The molecule has 1 atom stereocenters. The molecule has 2 heterocycles. The molecule has 14 heavy (non-hydrogen) atoms. The Hall–Kier alpha value is -1.61. The van der Waals surface area contributed by atoms with Crippen LogP contribution in [0.15, 0.2) is 41.3 Å². The lowest BCUT2D eigenvalue weighted by Crippen LogP contribution is -2.01. The molecule has 0 saturated heterocycles. The molecule has 72 valence electrons. The van der Waals surface area contributed by atoms with Crippen LogP contribution in [0.25, 0.3) is 0 Å². The number of pyridine rings is 1. The van der Waals surface area contributed by atoms with Crippen LogP contribution in [-0.2, 0) is 0 Å². The van der Waals surface area contributed by atoms with Gasteiger partial charge in [-0.1, -0.05) is 6.07 Å². The fourth-order valence-corrected chi connectivity index (χ4v) is 1.40. The number of aliphatic hydroxyl groups is 1. The van der Waals surface area contributed by atoms with Crippen molar-refractivity contribution in [2.24, 2.45) is 0 Å². The largest absolute Gasteiger partial charge is 0.472 e. The van der Waals surface area contributed by atoms with Gasteiger partial charge in [-0.3, -0.25) is 4.98 Å². The molecule has 0 bridgehead atoms. The predicted octanol–water partition coefficient (Wildman–Crippen LogP) is 2.06. The van der Waals surface area contributed by atoms with Crippen LogP contribution in [-0.4, -0.2) is 10.1 Å². The summed E-state index contributed by atoms with van der Waals surface area (Å²) >= 11 is 0. The number of hydrogen-bond acceptors (Lipinski definition) is 3. The Morgan fingerprint density at radius 1 is 1.43 bits per heavy atom. The van der Waals surface area contributed by atoms with E-state index in [1.165, 1.54) is 6.26 Å². The highest BCUT2D eigenvalue weighted by molar-refractivity contribution is 5.29. The Balaban J connectivity index is 2.37. The number of rotatable bonds is 2. The van der Waals surface area contributed by atoms with Gasteiger partial charge in [-0.05, 0) is 19.1 Å². The van der Waals surface area contributed by atoms with Crippen molar-refractivity contribution >= 4 is 0 Å². The van der Waals surface area contributed by atoms with Crippen molar-refractivity contribution < 1.29 is 9.52 Å². The fraction of sp³-hybridized carbons (Fsp3) is 0.182. The van der Waals surface area contributed by atoms with Gasteiger partial charge in [-0.25, -0.2) is 0 Å². The highest BCUT2D eigenvalue weighted by atomic mass is 16.3. The van der Waals surface area contributed by atoms with Gasteiger partial charge in [-0.2, -0.15) is 0 Å². The third-order valence-electron chi connectivity index (χ3n) is 2.20. The van der Waals surface area contributed by atoms with Crippen LogP contribution in [0.1, 0.15) is 22.9 Å². The zero-order chi connectivity index (χ0) is 9.97. The molecule has 1 N–H and O–H groups in total. The van der Waals surface area contributed by atoms with Gasteiger partial charge in [0.1, 0.15) is 6.10 Å². The van der Waals surface area contributed by atoms with E-state index in [9.17, 15) is 5.11 Å². The highest BCUT2D eigenvalue weighted by Crippen LogP contribution is 2.23. The second-order valence-electron chi connectivity index (χ2n) is 3.14. The van der Waals surface area contributed by atoms with E-state index in [2.05, 4.69) is 4.98 Å². The van der Waals surface area contributed by atoms with Gasteiger partial charge in [0.2, 0.25) is 0 Å². The third kappa shape index (κ3) is 1.54. The molecule has 0 radical (unpaired) electrons. The maximum atomic E-state index is 9.96. The third-order valence-corrected chi connectivity index (χ3v) is 2.20. The number of furan rings is 1. The van der Waals surface area contributed by atoms with E-state index in [4.69, 9.17) is 4.42 Å². The maximum Gasteiger partial charge on any atom is 0.109 e. The Labute approximate surface area is 82.0 Å². The summed E-state index contributed by atoms with van der Waals surface area (Å²) in [5.41, 5.74) is 2.40. The molecule has 1 unspecified atom stereocenters. The van der Waals surface area contributed by atoms with Crippen molar-refractivity contribution in [1.82, 2.24) is 4.98 Å². The first-order valence-electron chi connectivity index (χ1n) is 4.40. The molecule has 0 aliphatic heterocycles. The molecule has 0 aliphatic carbocycles. The van der Waals surface area contributed by atoms with Gasteiger partial charge >= 0.3 is 0 Å². The molecule has 0 amide bonds. The van der Waals surface area contributed by atoms with E-state index in [0.29, 0.717) is 0 Å². The number of nitrogens with zero attached hydrogens (tertiary/aromatic N) is 1. The molecular weight excluding hydrogens is 178 g/mol. The van der Waals surface area contributed by atoms with Gasteiger partial charge < -0.3 is 9.52 Å². The Kier molecular flexibility index (Phi) is 2.33. The maximum absolute atomic E-state index is 9.96. The average Bonchev–Trinajstić information content (AvgIpc) is 2.70. The normalized spacial score (nSPS) is 12.7. The van der Waals surface area contributed by atoms with Crippen LogP contribution in [0.2, 0.25) is 0 Å². The quantitative estimate of drug-likeness (QED) is 0.786. The monoisotopic (exact) mass is 189 g/mol. The summed E-state index contributed by atoms with van der Waals surface area (Å²) in [6.07, 6.45) is 4.14. The number of aryl methyl sites for hydroxylation is 1. The molecule has 3 nitrogen and oxygen atoms in total. The van der Waals surface area contributed by atoms with E-state index in [1.807, 2.05) is 19.1 Å². The number of hydrogen-bond donors (Lipinski definition) is 1. The molecule has 0 spiro atoms. The number of aromatic nitrogens is 1. The zero-order valence-corrected chi connectivity index (χ0v) is 7.84. The minimum Gasteiger partial charge on any atom is -0.472 e. The summed E-state index contributed by atoms with van der Waals surface area (Å²) in [4.78, 5) is 4.12. The SMILES string of the molecule is Cc1ncccc1C(O)c1ccoc1. The summed E-state index contributed by atoms with van der Waals surface area (Å²) in [6, 6.07) is 5.42. The summed E-state index contributed by atoms with van der Waals surface area (Å²) in [6.45, 7) is 1.87. The van der Waals surface area contributed by atoms with Gasteiger partial charge in [0.25, 0.3) is 0 Å². The molecule has 0 aromatic carbocycles. The smallest absolute Gasteiger partial charge is 0.109 e. The molecule has 0 aliphatic rings. The topological polar surface area (TPSA) is 46.3 Å². The molecular formula is C11H11NO2. The Bertz CT molecular complexity index is 409. The summed E-state index contributed by atoms with van der Waals surface area (Å²) < 4.78 is 4.92. The van der Waals surface area contributed by atoms with Crippen molar-refractivity contribution in [3.8, 4) is 0 Å². The molecule has 2 aromatic heterocycles. The molecule has 2 rings (SSSR count). The minimum atomic E-state index is -0.651. The lowest BCUT2D eigenvalue weighted by Gasteiger charge is -2.10. The lowest BCUT2D eigenvalue weighted by molar-refractivity contribution is 0.218. The summed E-state index contributed by atoms with van der Waals surface area (Å²) in [5.74, 6) is 0. The first kappa shape index (κ1) is 8.97. The first-order valence-corrected chi connectivity index (χ1v) is 4.40. The van der Waals surface area contributed by atoms with Crippen molar-refractivity contribution in [3.63, 3.8) is 0 Å². The average molecular weight is 189 g/mol. The number of aliphatic hydroxyl groups excluding tert-OH is 1. The van der Waals surface area contributed by atoms with Crippen LogP contribution in [0.5, 0.6) is 0 Å². The molecule has 2 aromatic rings. The van der Waals surface area contributed by atoms with E-state index < -0.39 is 6.10 Å². The molecule has 0 fully saturated rings. The molecule has 3 heteroatoms. The zero-order valence-electron chi connectivity index (χ0n) is 7.84. The van der Waals surface area contributed by atoms with Crippen molar-refractivity contribution in [2.45, 2.75) is 13.0 Å². The van der Waals surface area contributed by atoms with Gasteiger partial charge in [0.15, 0.2) is 0 Å². The van der Waals surface area contributed by atoms with Crippen LogP contribution in [0.3, 0.4) is 0 Å². The second kappa shape index (κ2) is 3.64.